The maximum Gasteiger partial charge on any atom is 0.416 e. The van der Waals surface area contributed by atoms with Crippen molar-refractivity contribution in [1.82, 2.24) is 0 Å². The summed E-state index contributed by atoms with van der Waals surface area (Å²) < 4.78 is 38.2. The van der Waals surface area contributed by atoms with Gasteiger partial charge in [-0.25, -0.2) is 0 Å². The minimum absolute atomic E-state index is 0.380. The second-order valence-electron chi connectivity index (χ2n) is 4.23. The first-order valence-corrected chi connectivity index (χ1v) is 5.66. The molecule has 0 aliphatic heterocycles. The summed E-state index contributed by atoms with van der Waals surface area (Å²) in [7, 11) is 0. The van der Waals surface area contributed by atoms with E-state index in [-0.39, 0.29) is 0 Å². The van der Waals surface area contributed by atoms with Crippen molar-refractivity contribution in [1.29, 1.82) is 0 Å². The van der Waals surface area contributed by atoms with Crippen molar-refractivity contribution in [2.24, 2.45) is 0 Å². The largest absolute Gasteiger partial charge is 0.416 e. The van der Waals surface area contributed by atoms with Crippen LogP contribution in [0.15, 0.2) is 42.5 Å². The van der Waals surface area contributed by atoms with Crippen LogP contribution < -0.4 is 0 Å². The number of carbonyl (C=O) groups excluding carboxylic acids is 1. The van der Waals surface area contributed by atoms with Crippen molar-refractivity contribution in [2.75, 3.05) is 0 Å². The third-order valence-electron chi connectivity index (χ3n) is 2.94. The number of alkyl halides is 3. The fourth-order valence-electron chi connectivity index (χ4n) is 1.93. The van der Waals surface area contributed by atoms with E-state index in [2.05, 4.69) is 0 Å². The summed E-state index contributed by atoms with van der Waals surface area (Å²) in [4.78, 5) is 11.0. The van der Waals surface area contributed by atoms with Gasteiger partial charge in [-0.3, -0.25) is 4.79 Å². The van der Waals surface area contributed by atoms with Gasteiger partial charge in [0, 0.05) is 5.56 Å². The van der Waals surface area contributed by atoms with Crippen LogP contribution in [-0.4, -0.2) is 6.29 Å². The SMILES string of the molecule is Cc1ccc(C(F)(F)F)cc1-c1ccccc1C=O. The lowest BCUT2D eigenvalue weighted by Gasteiger charge is -2.12. The Morgan fingerprint density at radius 3 is 2.32 bits per heavy atom. The van der Waals surface area contributed by atoms with Gasteiger partial charge in [0.15, 0.2) is 6.29 Å². The average Bonchev–Trinajstić information content (AvgIpc) is 2.38. The Balaban J connectivity index is 2.65. The molecule has 19 heavy (non-hydrogen) atoms. The molecule has 2 rings (SSSR count). The molecule has 2 aromatic carbocycles. The smallest absolute Gasteiger partial charge is 0.298 e. The van der Waals surface area contributed by atoms with Crippen LogP contribution in [-0.2, 0) is 6.18 Å². The summed E-state index contributed by atoms with van der Waals surface area (Å²) in [5.74, 6) is 0. The van der Waals surface area contributed by atoms with E-state index >= 15 is 0 Å². The van der Waals surface area contributed by atoms with E-state index in [4.69, 9.17) is 0 Å². The molecule has 0 fully saturated rings. The molecule has 0 radical (unpaired) electrons. The number of carbonyl (C=O) groups is 1. The fourth-order valence-corrected chi connectivity index (χ4v) is 1.93. The van der Waals surface area contributed by atoms with E-state index in [9.17, 15) is 18.0 Å². The zero-order valence-corrected chi connectivity index (χ0v) is 10.2. The highest BCUT2D eigenvalue weighted by atomic mass is 19.4. The van der Waals surface area contributed by atoms with Crippen molar-refractivity contribution in [2.45, 2.75) is 13.1 Å². The first kappa shape index (κ1) is 13.3. The van der Waals surface area contributed by atoms with Crippen molar-refractivity contribution in [3.05, 3.63) is 59.2 Å². The first-order valence-electron chi connectivity index (χ1n) is 5.66. The Bertz CT molecular complexity index is 615. The highest BCUT2D eigenvalue weighted by Gasteiger charge is 2.30. The molecule has 0 unspecified atom stereocenters. The van der Waals surface area contributed by atoms with E-state index in [1.54, 1.807) is 31.2 Å². The van der Waals surface area contributed by atoms with Gasteiger partial charge in [0.05, 0.1) is 5.56 Å². The first-order chi connectivity index (χ1) is 8.93. The van der Waals surface area contributed by atoms with Gasteiger partial charge in [0.2, 0.25) is 0 Å². The number of aryl methyl sites for hydroxylation is 1. The van der Waals surface area contributed by atoms with Crippen LogP contribution in [0.3, 0.4) is 0 Å². The second kappa shape index (κ2) is 4.88. The van der Waals surface area contributed by atoms with Gasteiger partial charge >= 0.3 is 6.18 Å². The van der Waals surface area contributed by atoms with Crippen LogP contribution in [0.2, 0.25) is 0 Å². The van der Waals surface area contributed by atoms with Crippen LogP contribution in [0.1, 0.15) is 21.5 Å². The highest BCUT2D eigenvalue weighted by molar-refractivity contribution is 5.88. The van der Waals surface area contributed by atoms with Crippen LogP contribution in [0.25, 0.3) is 11.1 Å². The molecule has 0 N–H and O–H groups in total. The summed E-state index contributed by atoms with van der Waals surface area (Å²) in [5, 5.41) is 0. The standard InChI is InChI=1S/C15H11F3O/c1-10-6-7-12(15(16,17)18)8-14(10)13-5-3-2-4-11(13)9-19/h2-9H,1H3. The lowest BCUT2D eigenvalue weighted by atomic mass is 9.94. The molecule has 0 saturated heterocycles. The Morgan fingerprint density at radius 2 is 1.68 bits per heavy atom. The number of halogens is 3. The van der Waals surface area contributed by atoms with E-state index in [0.717, 1.165) is 12.1 Å². The van der Waals surface area contributed by atoms with Gasteiger partial charge in [-0.1, -0.05) is 30.3 Å². The zero-order chi connectivity index (χ0) is 14.0. The van der Waals surface area contributed by atoms with Crippen LogP contribution >= 0.6 is 0 Å². The van der Waals surface area contributed by atoms with Crippen molar-refractivity contribution >= 4 is 6.29 Å². The minimum atomic E-state index is -4.39. The number of rotatable bonds is 2. The average molecular weight is 264 g/mol. The van der Waals surface area contributed by atoms with Crippen LogP contribution in [0.5, 0.6) is 0 Å². The molecular weight excluding hydrogens is 253 g/mol. The quantitative estimate of drug-likeness (QED) is 0.730. The lowest BCUT2D eigenvalue weighted by Crippen LogP contribution is -2.05. The molecule has 1 nitrogen and oxygen atoms in total. The Hall–Kier alpha value is -2.10. The predicted molar refractivity (Wildman–Crippen MR) is 67.0 cm³/mol. The maximum atomic E-state index is 12.7. The molecular formula is C15H11F3O. The summed E-state index contributed by atoms with van der Waals surface area (Å²) >= 11 is 0. The van der Waals surface area contributed by atoms with Gasteiger partial charge in [-0.05, 0) is 35.7 Å². The third-order valence-corrected chi connectivity index (χ3v) is 2.94. The molecule has 98 valence electrons. The fraction of sp³-hybridized carbons (Fsp3) is 0.133. The Kier molecular flexibility index (Phi) is 3.42. The van der Waals surface area contributed by atoms with Gasteiger partial charge in [-0.15, -0.1) is 0 Å². The van der Waals surface area contributed by atoms with Crippen molar-refractivity contribution < 1.29 is 18.0 Å². The monoisotopic (exact) mass is 264 g/mol. The predicted octanol–water partition coefficient (Wildman–Crippen LogP) is 4.49. The van der Waals surface area contributed by atoms with Gasteiger partial charge < -0.3 is 0 Å². The Morgan fingerprint density at radius 1 is 1.00 bits per heavy atom. The van der Waals surface area contributed by atoms with E-state index in [0.29, 0.717) is 28.5 Å². The van der Waals surface area contributed by atoms with E-state index in [1.807, 2.05) is 0 Å². The molecule has 0 aliphatic rings. The van der Waals surface area contributed by atoms with Crippen LogP contribution in [0.4, 0.5) is 13.2 Å². The summed E-state index contributed by atoms with van der Waals surface area (Å²) in [5.41, 5.74) is 1.31. The molecule has 0 aromatic heterocycles. The molecule has 4 heteroatoms. The zero-order valence-electron chi connectivity index (χ0n) is 10.2. The molecule has 0 amide bonds. The number of benzene rings is 2. The van der Waals surface area contributed by atoms with Crippen LogP contribution in [0, 0.1) is 6.92 Å². The third kappa shape index (κ3) is 2.67. The maximum absolute atomic E-state index is 12.7. The van der Waals surface area contributed by atoms with E-state index in [1.165, 1.54) is 6.07 Å². The minimum Gasteiger partial charge on any atom is -0.298 e. The molecule has 0 spiro atoms. The lowest BCUT2D eigenvalue weighted by molar-refractivity contribution is -0.137. The van der Waals surface area contributed by atoms with Crippen molar-refractivity contribution in [3.63, 3.8) is 0 Å². The van der Waals surface area contributed by atoms with Crippen molar-refractivity contribution in [3.8, 4) is 11.1 Å². The molecule has 2 aromatic rings. The van der Waals surface area contributed by atoms with Gasteiger partial charge in [0.25, 0.3) is 0 Å². The molecule has 0 atom stereocenters. The molecule has 0 saturated carbocycles. The highest BCUT2D eigenvalue weighted by Crippen LogP contribution is 2.34. The number of aldehydes is 1. The summed E-state index contributed by atoms with van der Waals surface area (Å²) in [6.45, 7) is 1.72. The summed E-state index contributed by atoms with van der Waals surface area (Å²) in [6.07, 6.45) is -3.74. The second-order valence-corrected chi connectivity index (χ2v) is 4.23. The number of hydrogen-bond acceptors (Lipinski definition) is 1. The van der Waals surface area contributed by atoms with E-state index < -0.39 is 11.7 Å². The molecule has 0 bridgehead atoms. The number of hydrogen-bond donors (Lipinski definition) is 0. The molecule has 0 aliphatic carbocycles. The Labute approximate surface area is 108 Å². The normalized spacial score (nSPS) is 11.4. The van der Waals surface area contributed by atoms with Gasteiger partial charge in [0.1, 0.15) is 0 Å². The molecule has 0 heterocycles. The summed E-state index contributed by atoms with van der Waals surface area (Å²) in [6, 6.07) is 10.1. The topological polar surface area (TPSA) is 17.1 Å². The van der Waals surface area contributed by atoms with Gasteiger partial charge in [-0.2, -0.15) is 13.2 Å².